The van der Waals surface area contributed by atoms with E-state index in [1.807, 2.05) is 4.90 Å². The fourth-order valence-corrected chi connectivity index (χ4v) is 7.19. The van der Waals surface area contributed by atoms with Crippen molar-refractivity contribution in [3.8, 4) is 5.69 Å². The van der Waals surface area contributed by atoms with E-state index in [1.54, 1.807) is 37.4 Å². The SMILES string of the molecule is COCCN1C[C@@H](NC(=O)Nc2c(Cl)c(C3CCN(S(=O)(=O)C(F)(F)F)CC3)nn2-c2ccccc2)[C@H](c2ccc(F)c(F)c2)C1.Cl. The van der Waals surface area contributed by atoms with E-state index in [1.165, 1.54) is 10.7 Å². The van der Waals surface area contributed by atoms with Crippen LogP contribution in [0.5, 0.6) is 0 Å². The van der Waals surface area contributed by atoms with Gasteiger partial charge in [-0.3, -0.25) is 10.2 Å². The van der Waals surface area contributed by atoms with Gasteiger partial charge in [-0.15, -0.1) is 12.4 Å². The van der Waals surface area contributed by atoms with E-state index in [9.17, 15) is 35.2 Å². The fourth-order valence-electron chi connectivity index (χ4n) is 5.88. The normalized spacial score (nSPS) is 19.8. The molecule has 0 saturated carbocycles. The molecule has 0 aliphatic carbocycles. The smallest absolute Gasteiger partial charge is 0.383 e. The number of ether oxygens (including phenoxy) is 1. The first-order chi connectivity index (χ1) is 21.8. The van der Waals surface area contributed by atoms with Gasteiger partial charge in [0.1, 0.15) is 5.02 Å². The minimum Gasteiger partial charge on any atom is -0.383 e. The lowest BCUT2D eigenvalue weighted by Gasteiger charge is -2.30. The van der Waals surface area contributed by atoms with E-state index in [4.69, 9.17) is 16.3 Å². The van der Waals surface area contributed by atoms with E-state index < -0.39 is 45.2 Å². The lowest BCUT2D eigenvalue weighted by Crippen LogP contribution is -2.44. The molecule has 2 amide bonds. The molecule has 2 fully saturated rings. The summed E-state index contributed by atoms with van der Waals surface area (Å²) in [6.45, 7) is 1.08. The second-order valence-electron chi connectivity index (χ2n) is 11.2. The van der Waals surface area contributed by atoms with Gasteiger partial charge in [0.15, 0.2) is 17.5 Å². The van der Waals surface area contributed by atoms with Crippen LogP contribution in [-0.2, 0) is 14.8 Å². The Kier molecular flexibility index (Phi) is 11.8. The molecule has 2 aromatic carbocycles. The fraction of sp³-hybridized carbons (Fsp3) is 0.448. The van der Waals surface area contributed by atoms with Crippen molar-refractivity contribution in [2.75, 3.05) is 51.8 Å². The minimum absolute atomic E-state index is 0. The minimum atomic E-state index is -5.47. The molecule has 2 aliphatic rings. The summed E-state index contributed by atoms with van der Waals surface area (Å²) in [6.07, 6.45) is 0.0591. The van der Waals surface area contributed by atoms with E-state index in [2.05, 4.69) is 15.7 Å². The summed E-state index contributed by atoms with van der Waals surface area (Å²) < 4.78 is 97.9. The standard InChI is InChI=1S/C29H32ClF5N6O4S.ClH/c1-45-14-13-39-16-21(19-7-8-22(31)23(32)15-19)24(17-39)36-28(42)37-27-25(30)26(38-41(27)20-5-3-2-4-6-20)18-9-11-40(12-10-18)46(43,44)29(33,34)35;/h2-8,15,18,21,24H,9-14,16-17H2,1H3,(H2,36,37,42);1H/t21-,24+;/m0./s1. The number of hydrogen-bond acceptors (Lipinski definition) is 6. The lowest BCUT2D eigenvalue weighted by atomic mass is 9.94. The number of nitrogens with zero attached hydrogens (tertiary/aromatic N) is 4. The Morgan fingerprint density at radius 1 is 1.06 bits per heavy atom. The maximum atomic E-state index is 14.1. The summed E-state index contributed by atoms with van der Waals surface area (Å²) in [5.41, 5.74) is -4.05. The first kappa shape index (κ1) is 36.8. The van der Waals surface area contributed by atoms with Crippen molar-refractivity contribution in [1.82, 2.24) is 24.3 Å². The van der Waals surface area contributed by atoms with Crippen molar-refractivity contribution in [2.24, 2.45) is 0 Å². The molecule has 2 N–H and O–H groups in total. The number of aromatic nitrogens is 2. The molecular weight excluding hydrogens is 694 g/mol. The number of benzene rings is 2. The molecule has 0 spiro atoms. The van der Waals surface area contributed by atoms with Gasteiger partial charge in [-0.2, -0.15) is 22.6 Å². The number of likely N-dealkylation sites (tertiary alicyclic amines) is 1. The Balaban J connectivity index is 0.00000500. The zero-order valence-electron chi connectivity index (χ0n) is 25.0. The first-order valence-corrected chi connectivity index (χ1v) is 16.3. The lowest BCUT2D eigenvalue weighted by molar-refractivity contribution is -0.0494. The summed E-state index contributed by atoms with van der Waals surface area (Å²) in [4.78, 5) is 15.5. The number of carbonyl (C=O) groups excluding carboxylic acids is 1. The average Bonchev–Trinajstić information content (AvgIpc) is 3.57. The summed E-state index contributed by atoms with van der Waals surface area (Å²) in [7, 11) is -3.90. The van der Waals surface area contributed by atoms with E-state index in [0.717, 1.165) is 12.1 Å². The molecule has 0 unspecified atom stereocenters. The van der Waals surface area contributed by atoms with Crippen LogP contribution in [0.3, 0.4) is 0 Å². The molecule has 18 heteroatoms. The molecule has 3 heterocycles. The van der Waals surface area contributed by atoms with Crippen LogP contribution < -0.4 is 10.6 Å². The van der Waals surface area contributed by atoms with Crippen LogP contribution in [0.4, 0.5) is 32.6 Å². The Labute approximate surface area is 279 Å². The number of sulfonamides is 1. The van der Waals surface area contributed by atoms with Crippen LogP contribution in [0.25, 0.3) is 5.69 Å². The molecule has 2 atom stereocenters. The Hall–Kier alpha value is -3.02. The van der Waals surface area contributed by atoms with Crippen LogP contribution in [0.15, 0.2) is 48.5 Å². The number of carbonyl (C=O) groups is 1. The van der Waals surface area contributed by atoms with Crippen LogP contribution in [0.1, 0.15) is 35.9 Å². The Bertz CT molecular complexity index is 1660. The van der Waals surface area contributed by atoms with E-state index >= 15 is 0 Å². The third-order valence-electron chi connectivity index (χ3n) is 8.25. The topological polar surface area (TPSA) is 109 Å². The summed E-state index contributed by atoms with van der Waals surface area (Å²) >= 11 is 6.77. The average molecular weight is 728 g/mol. The van der Waals surface area contributed by atoms with Crippen LogP contribution >= 0.6 is 24.0 Å². The highest BCUT2D eigenvalue weighted by atomic mass is 35.5. The predicted molar refractivity (Wildman–Crippen MR) is 168 cm³/mol. The molecule has 0 bridgehead atoms. The highest BCUT2D eigenvalue weighted by Gasteiger charge is 2.50. The highest BCUT2D eigenvalue weighted by molar-refractivity contribution is 7.90. The molecule has 47 heavy (non-hydrogen) atoms. The molecule has 0 radical (unpaired) electrons. The van der Waals surface area contributed by atoms with Crippen LogP contribution in [0.2, 0.25) is 5.02 Å². The van der Waals surface area contributed by atoms with Gasteiger partial charge >= 0.3 is 21.6 Å². The maximum Gasteiger partial charge on any atom is 0.511 e. The molecule has 3 aromatic rings. The molecule has 5 rings (SSSR count). The number of anilines is 1. The maximum absolute atomic E-state index is 14.1. The number of urea groups is 1. The molecule has 1 aromatic heterocycles. The third kappa shape index (κ3) is 8.00. The summed E-state index contributed by atoms with van der Waals surface area (Å²) in [5, 5.41) is 10.3. The number of methoxy groups -OCH3 is 1. The number of rotatable bonds is 9. The van der Waals surface area contributed by atoms with Gasteiger partial charge in [0.05, 0.1) is 24.0 Å². The second kappa shape index (κ2) is 15.0. The monoisotopic (exact) mass is 726 g/mol. The van der Waals surface area contributed by atoms with Gasteiger partial charge in [0.2, 0.25) is 0 Å². The first-order valence-electron chi connectivity index (χ1n) is 14.4. The number of hydrogen-bond donors (Lipinski definition) is 2. The van der Waals surface area contributed by atoms with Crippen molar-refractivity contribution < 1.29 is 39.9 Å². The molecule has 2 saturated heterocycles. The van der Waals surface area contributed by atoms with Gasteiger partial charge < -0.3 is 10.1 Å². The highest BCUT2D eigenvalue weighted by Crippen LogP contribution is 2.39. The van der Waals surface area contributed by atoms with Gasteiger partial charge in [0, 0.05) is 51.7 Å². The van der Waals surface area contributed by atoms with Crippen molar-refractivity contribution in [2.45, 2.75) is 36.2 Å². The van der Waals surface area contributed by atoms with E-state index in [0.29, 0.717) is 47.5 Å². The number of nitrogens with one attached hydrogen (secondary N) is 2. The van der Waals surface area contributed by atoms with Crippen LogP contribution in [-0.4, -0.2) is 91.4 Å². The largest absolute Gasteiger partial charge is 0.511 e. The van der Waals surface area contributed by atoms with E-state index in [-0.39, 0.29) is 55.1 Å². The Morgan fingerprint density at radius 3 is 2.36 bits per heavy atom. The Morgan fingerprint density at radius 2 is 1.74 bits per heavy atom. The van der Waals surface area contributed by atoms with Crippen molar-refractivity contribution in [1.29, 1.82) is 0 Å². The van der Waals surface area contributed by atoms with Gasteiger partial charge in [-0.05, 0) is 42.7 Å². The molecular formula is C29H33Cl2F5N6O4S. The van der Waals surface area contributed by atoms with Gasteiger partial charge in [0.25, 0.3) is 0 Å². The summed E-state index contributed by atoms with van der Waals surface area (Å²) in [6, 6.07) is 11.2. The molecule has 10 nitrogen and oxygen atoms in total. The molecule has 2 aliphatic heterocycles. The number of piperidine rings is 1. The summed E-state index contributed by atoms with van der Waals surface area (Å²) in [5.74, 6) is -2.73. The van der Waals surface area contributed by atoms with Crippen molar-refractivity contribution in [3.05, 3.63) is 76.4 Å². The zero-order valence-corrected chi connectivity index (χ0v) is 27.4. The van der Waals surface area contributed by atoms with Crippen molar-refractivity contribution in [3.63, 3.8) is 0 Å². The third-order valence-corrected chi connectivity index (χ3v) is 10.3. The van der Waals surface area contributed by atoms with Gasteiger partial charge in [-0.1, -0.05) is 35.9 Å². The number of halogens is 7. The number of alkyl halides is 3. The zero-order chi connectivity index (χ0) is 33.2. The quantitative estimate of drug-likeness (QED) is 0.283. The van der Waals surface area contributed by atoms with Crippen molar-refractivity contribution >= 4 is 45.9 Å². The second-order valence-corrected chi connectivity index (χ2v) is 13.5. The van der Waals surface area contributed by atoms with Gasteiger partial charge in [-0.25, -0.2) is 26.7 Å². The molecule has 258 valence electrons. The number of amides is 2. The predicted octanol–water partition coefficient (Wildman–Crippen LogP) is 5.49. The number of para-hydroxylation sites is 1. The van der Waals surface area contributed by atoms with Crippen LogP contribution in [0, 0.1) is 11.6 Å².